The van der Waals surface area contributed by atoms with Gasteiger partial charge >= 0.3 is 5.97 Å². The molecule has 2 aromatic rings. The minimum atomic E-state index is -0.955. The summed E-state index contributed by atoms with van der Waals surface area (Å²) in [5.41, 5.74) is 2.05. The molecule has 0 saturated carbocycles. The zero-order chi connectivity index (χ0) is 61.0. The molecule has 19 nitrogen and oxygen atoms in total. The van der Waals surface area contributed by atoms with Crippen molar-refractivity contribution in [2.75, 3.05) is 66.9 Å². The number of hydrogen-bond donors (Lipinski definition) is 3. The molecule has 2 aliphatic rings. The zero-order valence-electron chi connectivity index (χ0n) is 51.2. The topological polar surface area (TPSA) is 239 Å². The molecule has 0 aromatic heterocycles. The highest BCUT2D eigenvalue weighted by Gasteiger charge is 2.44. The van der Waals surface area contributed by atoms with Crippen LogP contribution in [0.25, 0.3) is 0 Å². The maximum atomic E-state index is 14.5. The lowest BCUT2D eigenvalue weighted by atomic mass is 9.83. The van der Waals surface area contributed by atoms with Gasteiger partial charge in [0, 0.05) is 84.1 Å². The number of carbonyl (C=O) groups excluding carboxylic acids is 8. The van der Waals surface area contributed by atoms with E-state index >= 15 is 0 Å². The highest BCUT2D eigenvalue weighted by atomic mass is 16.5. The summed E-state index contributed by atoms with van der Waals surface area (Å²) < 4.78 is 18.1. The summed E-state index contributed by atoms with van der Waals surface area (Å²) in [6, 6.07) is 14.0. The van der Waals surface area contributed by atoms with E-state index in [1.165, 1.54) is 7.11 Å². The number of ketones is 3. The van der Waals surface area contributed by atoms with E-state index < -0.39 is 65.9 Å². The molecule has 5 amide bonds. The minimum absolute atomic E-state index is 0.00611. The maximum absolute atomic E-state index is 14.5. The summed E-state index contributed by atoms with van der Waals surface area (Å²) in [7, 11) is 8.58. The number of nitrogens with one attached hydrogen (secondary N) is 2. The number of likely N-dealkylation sites (N-methyl/N-ethyl adjacent to an activating group) is 2. The Morgan fingerprint density at radius 3 is 1.93 bits per heavy atom. The van der Waals surface area contributed by atoms with Crippen molar-refractivity contribution >= 4 is 58.5 Å². The molecule has 2 aliphatic heterocycles. The number of benzene rings is 2. The molecular formula is C63H96N6O13. The fraction of sp³-hybridized carbons (Fsp3) is 0.667. The molecule has 82 heavy (non-hydrogen) atoms. The summed E-state index contributed by atoms with van der Waals surface area (Å²) in [6.45, 7) is 16.3. The van der Waals surface area contributed by atoms with E-state index in [-0.39, 0.29) is 117 Å². The lowest BCUT2D eigenvalue weighted by Gasteiger charge is -2.41. The summed E-state index contributed by atoms with van der Waals surface area (Å²) in [6.07, 6.45) is 1.59. The number of likely N-dealkylation sites (tertiary alicyclic amines) is 2. The van der Waals surface area contributed by atoms with Crippen LogP contribution >= 0.6 is 0 Å². The van der Waals surface area contributed by atoms with Crippen molar-refractivity contribution in [1.29, 1.82) is 0 Å². The van der Waals surface area contributed by atoms with E-state index in [2.05, 4.69) is 10.6 Å². The highest BCUT2D eigenvalue weighted by molar-refractivity contribution is 5.96. The van der Waals surface area contributed by atoms with Gasteiger partial charge in [0.15, 0.2) is 11.6 Å². The fourth-order valence-corrected chi connectivity index (χ4v) is 11.8. The van der Waals surface area contributed by atoms with Crippen molar-refractivity contribution in [3.63, 3.8) is 0 Å². The molecule has 0 unspecified atom stereocenters. The van der Waals surface area contributed by atoms with Crippen molar-refractivity contribution in [3.05, 3.63) is 65.7 Å². The van der Waals surface area contributed by atoms with Crippen LogP contribution in [0, 0.1) is 41.4 Å². The van der Waals surface area contributed by atoms with Crippen LogP contribution in [0.2, 0.25) is 0 Å². The number of Topliss-reactive ketones (excluding diaryl/α,β-unsaturated/α-hetero) is 3. The van der Waals surface area contributed by atoms with E-state index in [0.29, 0.717) is 57.4 Å². The van der Waals surface area contributed by atoms with Gasteiger partial charge in [-0.2, -0.15) is 0 Å². The molecule has 0 bridgehead atoms. The van der Waals surface area contributed by atoms with Crippen molar-refractivity contribution in [1.82, 2.24) is 24.9 Å². The average molecular weight is 1150 g/mol. The third kappa shape index (κ3) is 19.9. The normalized spacial score (nSPS) is 18.2. The molecular weight excluding hydrogens is 1050 g/mol. The number of methoxy groups -OCH3 is 2. The number of rotatable bonds is 34. The van der Waals surface area contributed by atoms with Gasteiger partial charge < -0.3 is 44.7 Å². The molecule has 4 rings (SSSR count). The van der Waals surface area contributed by atoms with Crippen LogP contribution in [0.1, 0.15) is 131 Å². The summed E-state index contributed by atoms with van der Waals surface area (Å²) in [5, 5.41) is 15.0. The van der Waals surface area contributed by atoms with Crippen molar-refractivity contribution in [2.24, 2.45) is 41.4 Å². The predicted octanol–water partition coefficient (Wildman–Crippen LogP) is 6.87. The first-order valence-electron chi connectivity index (χ1n) is 29.5. The van der Waals surface area contributed by atoms with Crippen LogP contribution in [-0.4, -0.2) is 176 Å². The van der Waals surface area contributed by atoms with Crippen molar-refractivity contribution in [2.45, 2.75) is 169 Å². The average Bonchev–Trinajstić information content (AvgIpc) is 4.15. The first kappa shape index (κ1) is 68.6. The van der Waals surface area contributed by atoms with Crippen LogP contribution in [0.15, 0.2) is 54.6 Å². The Morgan fingerprint density at radius 1 is 0.720 bits per heavy atom. The third-order valence-corrected chi connectivity index (χ3v) is 16.8. The molecule has 19 heteroatoms. The Morgan fingerprint density at radius 2 is 1.37 bits per heavy atom. The van der Waals surface area contributed by atoms with E-state index in [1.807, 2.05) is 90.9 Å². The van der Waals surface area contributed by atoms with Gasteiger partial charge in [0.1, 0.15) is 12.4 Å². The lowest BCUT2D eigenvalue weighted by molar-refractivity contribution is -0.149. The summed E-state index contributed by atoms with van der Waals surface area (Å²) in [4.78, 5) is 128. The molecule has 0 aliphatic carbocycles. The Labute approximate surface area is 487 Å². The Balaban J connectivity index is 1.36. The number of nitrogens with zero attached hydrogens (tertiary/aromatic N) is 4. The Kier molecular flexibility index (Phi) is 28.0. The Bertz CT molecular complexity index is 2420. The predicted molar refractivity (Wildman–Crippen MR) is 313 cm³/mol. The number of anilines is 1. The van der Waals surface area contributed by atoms with Gasteiger partial charge in [-0.1, -0.05) is 104 Å². The summed E-state index contributed by atoms with van der Waals surface area (Å²) >= 11 is 0. The standard InChI is InChI=1S/C63H96N6O13/c1-14-41(6)58(67(11)62(77)49(39(2)3)35-52(71)57(40(4)5)66(9)10)54(80-12)36-56(74)69-30-18-21-51(69)59(81-13)43(8)61(76)65-50(34-44-19-16-15-17-20-44)53(72)38-82-37-45-22-24-47(25-23-45)64-60(75)42(7)33-48(70)26-27-55(73)68-31-28-46(29-32-68)63(78)79/h15-17,19-20,22-25,39-43,46,49-51,54,57-59H,14,18,21,26-38H2,1-13H3,(H,64,75)(H,65,76)(H,78,79)/t41-,42-,43+,49-,50-,51-,54+,57-,58-,59+/m0/s1. The van der Waals surface area contributed by atoms with Crippen LogP contribution in [0.5, 0.6) is 0 Å². The van der Waals surface area contributed by atoms with Crippen molar-refractivity contribution < 1.29 is 62.5 Å². The second kappa shape index (κ2) is 33.4. The number of carbonyl (C=O) groups is 9. The van der Waals surface area contributed by atoms with Crippen LogP contribution < -0.4 is 10.6 Å². The van der Waals surface area contributed by atoms with Crippen LogP contribution in [0.4, 0.5) is 5.69 Å². The molecule has 456 valence electrons. The number of amides is 5. The lowest BCUT2D eigenvalue weighted by Crippen LogP contribution is -2.55. The molecule has 2 aromatic carbocycles. The molecule has 2 heterocycles. The van der Waals surface area contributed by atoms with E-state index in [9.17, 15) is 48.3 Å². The zero-order valence-corrected chi connectivity index (χ0v) is 51.2. The van der Waals surface area contributed by atoms with Gasteiger partial charge in [-0.05, 0) is 87.2 Å². The Hall–Kier alpha value is -5.89. The minimum Gasteiger partial charge on any atom is -0.481 e. The number of piperidine rings is 1. The van der Waals surface area contributed by atoms with Gasteiger partial charge in [0.05, 0.1) is 61.2 Å². The molecule has 2 saturated heterocycles. The van der Waals surface area contributed by atoms with E-state index in [0.717, 1.165) is 11.1 Å². The summed E-state index contributed by atoms with van der Waals surface area (Å²) in [5.74, 6) is -5.31. The molecule has 2 fully saturated rings. The molecule has 0 radical (unpaired) electrons. The maximum Gasteiger partial charge on any atom is 0.306 e. The van der Waals surface area contributed by atoms with Gasteiger partial charge in [0.25, 0.3) is 0 Å². The van der Waals surface area contributed by atoms with Gasteiger partial charge in [-0.25, -0.2) is 0 Å². The van der Waals surface area contributed by atoms with Gasteiger partial charge in [-0.15, -0.1) is 0 Å². The fourth-order valence-electron chi connectivity index (χ4n) is 11.8. The van der Waals surface area contributed by atoms with Crippen LogP contribution in [0.3, 0.4) is 0 Å². The first-order valence-corrected chi connectivity index (χ1v) is 29.5. The molecule has 3 N–H and O–H groups in total. The second-order valence-electron chi connectivity index (χ2n) is 23.8. The number of aliphatic carboxylic acids is 1. The second-order valence-corrected chi connectivity index (χ2v) is 23.8. The van der Waals surface area contributed by atoms with Gasteiger partial charge in [-0.3, -0.25) is 48.1 Å². The van der Waals surface area contributed by atoms with Gasteiger partial charge in [0.2, 0.25) is 29.5 Å². The van der Waals surface area contributed by atoms with Crippen molar-refractivity contribution in [3.8, 4) is 0 Å². The SMILES string of the molecule is CC[C@H](C)[C@@H]([C@@H](CC(=O)N1CCC[C@H]1[C@H](OC)[C@@H](C)C(=O)N[C@@H](Cc1ccccc1)C(=O)COCc1ccc(NC(=O)[C@@H](C)CC(=O)CCC(=O)N2CCC(C(=O)O)CC2)cc1)OC)N(C)C(=O)[C@@H](CC(=O)[C@H](C(C)C)N(C)C)C(C)C. The smallest absolute Gasteiger partial charge is 0.306 e. The first-order chi connectivity index (χ1) is 38.8. The highest BCUT2D eigenvalue weighted by Crippen LogP contribution is 2.32. The molecule has 0 spiro atoms. The number of carboxylic acid groups (broad SMARTS) is 1. The monoisotopic (exact) mass is 1140 g/mol. The number of ether oxygens (including phenoxy) is 3. The molecule has 10 atom stereocenters. The number of carboxylic acids is 1. The third-order valence-electron chi connectivity index (χ3n) is 16.8. The quantitative estimate of drug-likeness (QED) is 0.0648. The van der Waals surface area contributed by atoms with E-state index in [4.69, 9.17) is 14.2 Å². The largest absolute Gasteiger partial charge is 0.481 e. The van der Waals surface area contributed by atoms with Crippen LogP contribution in [-0.2, 0) is 70.4 Å². The number of hydrogen-bond acceptors (Lipinski definition) is 13. The van der Waals surface area contributed by atoms with E-state index in [1.54, 1.807) is 67.0 Å².